The van der Waals surface area contributed by atoms with E-state index in [0.29, 0.717) is 0 Å². The standard InChI is InChI=1S/C7H4BrNO/c8-7-3-6-5(4-9-7)1-2-10-6/h1-4H. The highest BCUT2D eigenvalue weighted by atomic mass is 79.9. The molecule has 2 aromatic rings. The van der Waals surface area contributed by atoms with Crippen LogP contribution in [0.3, 0.4) is 0 Å². The van der Waals surface area contributed by atoms with Gasteiger partial charge < -0.3 is 4.42 Å². The van der Waals surface area contributed by atoms with Crippen LogP contribution in [-0.2, 0) is 0 Å². The summed E-state index contributed by atoms with van der Waals surface area (Å²) in [7, 11) is 0. The smallest absolute Gasteiger partial charge is 0.138 e. The van der Waals surface area contributed by atoms with Crippen LogP contribution in [0.25, 0.3) is 11.0 Å². The maximum Gasteiger partial charge on any atom is 0.138 e. The second-order valence-electron chi connectivity index (χ2n) is 1.97. The lowest BCUT2D eigenvalue weighted by Gasteiger charge is -1.86. The Morgan fingerprint density at radius 2 is 2.40 bits per heavy atom. The quantitative estimate of drug-likeness (QED) is 0.608. The third-order valence-electron chi connectivity index (χ3n) is 1.30. The molecule has 0 N–H and O–H groups in total. The monoisotopic (exact) mass is 197 g/mol. The molecule has 3 heteroatoms. The van der Waals surface area contributed by atoms with E-state index in [1.54, 1.807) is 12.5 Å². The zero-order valence-electron chi connectivity index (χ0n) is 5.04. The van der Waals surface area contributed by atoms with Gasteiger partial charge in [-0.3, -0.25) is 0 Å². The summed E-state index contributed by atoms with van der Waals surface area (Å²) < 4.78 is 5.93. The summed E-state index contributed by atoms with van der Waals surface area (Å²) in [6, 6.07) is 3.73. The van der Waals surface area contributed by atoms with E-state index < -0.39 is 0 Å². The zero-order chi connectivity index (χ0) is 6.97. The fourth-order valence-electron chi connectivity index (χ4n) is 0.831. The van der Waals surface area contributed by atoms with Crippen molar-refractivity contribution in [1.29, 1.82) is 0 Å². The number of hydrogen-bond acceptors (Lipinski definition) is 2. The molecule has 0 saturated carbocycles. The molecule has 0 bridgehead atoms. The van der Waals surface area contributed by atoms with Crippen LogP contribution in [0, 0.1) is 0 Å². The average Bonchev–Trinajstić information content (AvgIpc) is 2.33. The van der Waals surface area contributed by atoms with Gasteiger partial charge in [0, 0.05) is 17.6 Å². The van der Waals surface area contributed by atoms with Crippen molar-refractivity contribution in [2.24, 2.45) is 0 Å². The van der Waals surface area contributed by atoms with E-state index in [-0.39, 0.29) is 0 Å². The summed E-state index contributed by atoms with van der Waals surface area (Å²) in [6.45, 7) is 0. The molecule has 10 heavy (non-hydrogen) atoms. The highest BCUT2D eigenvalue weighted by Crippen LogP contribution is 2.17. The Kier molecular flexibility index (Phi) is 1.24. The van der Waals surface area contributed by atoms with E-state index in [0.717, 1.165) is 15.6 Å². The summed E-state index contributed by atoms with van der Waals surface area (Å²) in [5.74, 6) is 0. The van der Waals surface area contributed by atoms with Crippen molar-refractivity contribution in [3.63, 3.8) is 0 Å². The summed E-state index contributed by atoms with van der Waals surface area (Å²) in [5.41, 5.74) is 0.863. The maximum absolute atomic E-state index is 5.13. The third-order valence-corrected chi connectivity index (χ3v) is 1.74. The van der Waals surface area contributed by atoms with Crippen LogP contribution in [0.5, 0.6) is 0 Å². The van der Waals surface area contributed by atoms with Crippen molar-refractivity contribution in [3.05, 3.63) is 29.2 Å². The highest BCUT2D eigenvalue weighted by Gasteiger charge is 1.95. The second-order valence-corrected chi connectivity index (χ2v) is 2.78. The predicted molar refractivity (Wildman–Crippen MR) is 41.7 cm³/mol. The Hall–Kier alpha value is -0.830. The minimum atomic E-state index is 0.801. The number of hydrogen-bond donors (Lipinski definition) is 0. The molecule has 2 aromatic heterocycles. The third kappa shape index (κ3) is 0.827. The van der Waals surface area contributed by atoms with E-state index in [2.05, 4.69) is 20.9 Å². The van der Waals surface area contributed by atoms with Gasteiger partial charge in [-0.25, -0.2) is 4.98 Å². The lowest BCUT2D eigenvalue weighted by atomic mass is 10.3. The fourth-order valence-corrected chi connectivity index (χ4v) is 1.14. The van der Waals surface area contributed by atoms with Crippen molar-refractivity contribution in [2.45, 2.75) is 0 Å². The Morgan fingerprint density at radius 1 is 1.50 bits per heavy atom. The molecule has 0 aliphatic heterocycles. The van der Waals surface area contributed by atoms with Crippen LogP contribution in [0.4, 0.5) is 0 Å². The summed E-state index contributed by atoms with van der Waals surface area (Å²) in [5, 5.41) is 1.03. The fraction of sp³-hybridized carbons (Fsp3) is 0. The Balaban J connectivity index is 2.86. The van der Waals surface area contributed by atoms with Gasteiger partial charge in [-0.05, 0) is 22.0 Å². The first kappa shape index (κ1) is 5.92. The molecule has 0 aliphatic rings. The topological polar surface area (TPSA) is 26.0 Å². The molecule has 0 amide bonds. The summed E-state index contributed by atoms with van der Waals surface area (Å²) in [6.07, 6.45) is 3.42. The summed E-state index contributed by atoms with van der Waals surface area (Å²) in [4.78, 5) is 4.04. The molecular formula is C7H4BrNO. The van der Waals surface area contributed by atoms with Crippen molar-refractivity contribution < 1.29 is 4.42 Å². The molecule has 0 atom stereocenters. The normalized spacial score (nSPS) is 10.5. The van der Waals surface area contributed by atoms with Crippen molar-refractivity contribution in [3.8, 4) is 0 Å². The van der Waals surface area contributed by atoms with Gasteiger partial charge in [-0.15, -0.1) is 0 Å². The van der Waals surface area contributed by atoms with Gasteiger partial charge in [0.2, 0.25) is 0 Å². The first-order valence-electron chi connectivity index (χ1n) is 2.85. The lowest BCUT2D eigenvalue weighted by molar-refractivity contribution is 0.615. The van der Waals surface area contributed by atoms with Gasteiger partial charge in [-0.2, -0.15) is 0 Å². The molecule has 50 valence electrons. The lowest BCUT2D eigenvalue weighted by Crippen LogP contribution is -1.71. The van der Waals surface area contributed by atoms with Crippen LogP contribution in [0.2, 0.25) is 0 Å². The maximum atomic E-state index is 5.13. The van der Waals surface area contributed by atoms with Gasteiger partial charge in [0.05, 0.1) is 6.26 Å². The average molecular weight is 198 g/mol. The SMILES string of the molecule is Brc1cc2occc2cn1. The number of nitrogens with zero attached hydrogens (tertiary/aromatic N) is 1. The summed E-state index contributed by atoms with van der Waals surface area (Å²) >= 11 is 3.25. The Morgan fingerprint density at radius 3 is 3.30 bits per heavy atom. The van der Waals surface area contributed by atoms with E-state index in [1.807, 2.05) is 12.1 Å². The molecule has 2 nitrogen and oxygen atoms in total. The Bertz CT molecular complexity index is 355. The van der Waals surface area contributed by atoms with E-state index in [1.165, 1.54) is 0 Å². The number of rotatable bonds is 0. The van der Waals surface area contributed by atoms with Gasteiger partial charge in [0.1, 0.15) is 10.2 Å². The van der Waals surface area contributed by atoms with Crippen LogP contribution in [0.15, 0.2) is 33.6 Å². The van der Waals surface area contributed by atoms with Crippen molar-refractivity contribution in [1.82, 2.24) is 4.98 Å². The van der Waals surface area contributed by atoms with E-state index >= 15 is 0 Å². The van der Waals surface area contributed by atoms with Gasteiger partial charge in [-0.1, -0.05) is 0 Å². The van der Waals surface area contributed by atoms with Gasteiger partial charge in [0.15, 0.2) is 0 Å². The van der Waals surface area contributed by atoms with Crippen LogP contribution in [-0.4, -0.2) is 4.98 Å². The molecule has 2 rings (SSSR count). The number of aromatic nitrogens is 1. The predicted octanol–water partition coefficient (Wildman–Crippen LogP) is 2.59. The largest absolute Gasteiger partial charge is 0.464 e. The number of halogens is 1. The van der Waals surface area contributed by atoms with Crippen LogP contribution < -0.4 is 0 Å². The molecule has 0 saturated heterocycles. The molecule has 0 fully saturated rings. The minimum Gasteiger partial charge on any atom is -0.464 e. The minimum absolute atomic E-state index is 0.801. The molecule has 0 unspecified atom stereocenters. The van der Waals surface area contributed by atoms with Crippen LogP contribution >= 0.6 is 15.9 Å². The number of fused-ring (bicyclic) bond motifs is 1. The van der Waals surface area contributed by atoms with Gasteiger partial charge in [0.25, 0.3) is 0 Å². The Labute approximate surface area is 66.0 Å². The van der Waals surface area contributed by atoms with E-state index in [9.17, 15) is 0 Å². The first-order valence-corrected chi connectivity index (χ1v) is 3.64. The van der Waals surface area contributed by atoms with Gasteiger partial charge >= 0.3 is 0 Å². The highest BCUT2D eigenvalue weighted by molar-refractivity contribution is 9.10. The number of pyridine rings is 1. The number of furan rings is 1. The molecule has 2 heterocycles. The molecule has 0 aromatic carbocycles. The van der Waals surface area contributed by atoms with E-state index in [4.69, 9.17) is 4.42 Å². The molecular weight excluding hydrogens is 194 g/mol. The molecule has 0 spiro atoms. The van der Waals surface area contributed by atoms with Crippen molar-refractivity contribution >= 4 is 26.9 Å². The van der Waals surface area contributed by atoms with Crippen LogP contribution in [0.1, 0.15) is 0 Å². The van der Waals surface area contributed by atoms with Crippen molar-refractivity contribution in [2.75, 3.05) is 0 Å². The zero-order valence-corrected chi connectivity index (χ0v) is 6.63. The second kappa shape index (κ2) is 2.09. The first-order chi connectivity index (χ1) is 4.86. The molecule has 0 radical (unpaired) electrons. The molecule has 0 aliphatic carbocycles.